The molecule has 9 heteroatoms. The van der Waals surface area contributed by atoms with Gasteiger partial charge < -0.3 is 5.32 Å². The molecule has 0 atom stereocenters. The number of carbonyl (C=O) groups is 1. The van der Waals surface area contributed by atoms with Crippen molar-refractivity contribution in [3.8, 4) is 5.69 Å². The second-order valence-electron chi connectivity index (χ2n) is 5.00. The van der Waals surface area contributed by atoms with Crippen LogP contribution in [0.25, 0.3) is 5.69 Å². The quantitative estimate of drug-likeness (QED) is 0.565. The Kier molecular flexibility index (Phi) is 4.44. The predicted octanol–water partition coefficient (Wildman–Crippen LogP) is 3.83. The first-order chi connectivity index (χ1) is 11.9. The van der Waals surface area contributed by atoms with Gasteiger partial charge in [0, 0.05) is 18.3 Å². The number of carbonyl (C=O) groups excluding carboxylic acids is 1. The Balaban J connectivity index is 1.82. The Hall–Kier alpha value is -3.26. The molecule has 0 aliphatic heterocycles. The van der Waals surface area contributed by atoms with Gasteiger partial charge >= 0.3 is 0 Å². The van der Waals surface area contributed by atoms with Crippen LogP contribution in [-0.4, -0.2) is 20.6 Å². The summed E-state index contributed by atoms with van der Waals surface area (Å²) in [7, 11) is 0. The zero-order valence-corrected chi connectivity index (χ0v) is 13.3. The maximum absolute atomic E-state index is 13.0. The van der Waals surface area contributed by atoms with Crippen molar-refractivity contribution in [2.75, 3.05) is 5.32 Å². The highest BCUT2D eigenvalue weighted by Crippen LogP contribution is 2.23. The molecule has 1 heterocycles. The van der Waals surface area contributed by atoms with Crippen molar-refractivity contribution in [3.05, 3.63) is 81.4 Å². The number of rotatable bonds is 4. The second kappa shape index (κ2) is 6.70. The summed E-state index contributed by atoms with van der Waals surface area (Å²) in [4.78, 5) is 22.5. The number of hydrogen-bond acceptors (Lipinski definition) is 4. The summed E-state index contributed by atoms with van der Waals surface area (Å²) in [5, 5.41) is 17.5. The number of halogens is 2. The summed E-state index contributed by atoms with van der Waals surface area (Å²) >= 11 is 5.87. The minimum absolute atomic E-state index is 0.0615. The number of non-ortho nitro benzene ring substituents is 1. The van der Waals surface area contributed by atoms with Gasteiger partial charge in [-0.25, -0.2) is 9.07 Å². The van der Waals surface area contributed by atoms with E-state index in [1.807, 2.05) is 0 Å². The van der Waals surface area contributed by atoms with Crippen LogP contribution in [0.4, 0.5) is 15.8 Å². The van der Waals surface area contributed by atoms with Gasteiger partial charge in [0.05, 0.1) is 21.3 Å². The molecule has 0 saturated heterocycles. The van der Waals surface area contributed by atoms with Crippen LogP contribution in [0.5, 0.6) is 0 Å². The minimum atomic E-state index is -0.544. The highest BCUT2D eigenvalue weighted by molar-refractivity contribution is 6.33. The predicted molar refractivity (Wildman–Crippen MR) is 89.6 cm³/mol. The third-order valence-corrected chi connectivity index (χ3v) is 3.62. The average molecular weight is 361 g/mol. The van der Waals surface area contributed by atoms with Crippen molar-refractivity contribution in [2.45, 2.75) is 0 Å². The highest BCUT2D eigenvalue weighted by Gasteiger charge is 2.14. The molecule has 0 radical (unpaired) electrons. The highest BCUT2D eigenvalue weighted by atomic mass is 35.5. The molecule has 0 aliphatic carbocycles. The zero-order chi connectivity index (χ0) is 18.0. The van der Waals surface area contributed by atoms with E-state index in [0.717, 1.165) is 6.07 Å². The lowest BCUT2D eigenvalue weighted by Gasteiger charge is -2.05. The Morgan fingerprint density at radius 3 is 2.76 bits per heavy atom. The number of anilines is 1. The summed E-state index contributed by atoms with van der Waals surface area (Å²) in [5.74, 6) is -1.06. The fourth-order valence-corrected chi connectivity index (χ4v) is 2.33. The molecule has 126 valence electrons. The third kappa shape index (κ3) is 3.64. The van der Waals surface area contributed by atoms with Gasteiger partial charge in [-0.3, -0.25) is 14.9 Å². The van der Waals surface area contributed by atoms with Gasteiger partial charge in [-0.15, -0.1) is 0 Å². The van der Waals surface area contributed by atoms with E-state index < -0.39 is 16.6 Å². The van der Waals surface area contributed by atoms with Gasteiger partial charge in [-0.05, 0) is 30.3 Å². The monoisotopic (exact) mass is 360 g/mol. The standard InChI is InChI=1S/C16H10ClFN4O3/c17-13-8-10(18)4-5-14(13)19-16(23)15-6-7-21(20-15)11-2-1-3-12(9-11)22(24)25/h1-9H,(H,19,23). The topological polar surface area (TPSA) is 90.1 Å². The maximum Gasteiger partial charge on any atom is 0.276 e. The van der Waals surface area contributed by atoms with Crippen LogP contribution in [0.3, 0.4) is 0 Å². The summed E-state index contributed by atoms with van der Waals surface area (Å²) in [6.07, 6.45) is 1.50. The molecule has 0 aliphatic rings. The number of nitro groups is 1. The molecule has 0 fully saturated rings. The van der Waals surface area contributed by atoms with Crippen molar-refractivity contribution in [1.82, 2.24) is 9.78 Å². The fraction of sp³-hybridized carbons (Fsp3) is 0. The van der Waals surface area contributed by atoms with Crippen LogP contribution in [0.2, 0.25) is 5.02 Å². The molecule has 1 N–H and O–H groups in total. The normalized spacial score (nSPS) is 10.5. The lowest BCUT2D eigenvalue weighted by atomic mass is 10.3. The van der Waals surface area contributed by atoms with Crippen molar-refractivity contribution in [2.24, 2.45) is 0 Å². The van der Waals surface area contributed by atoms with Gasteiger partial charge in [0.1, 0.15) is 5.82 Å². The van der Waals surface area contributed by atoms with E-state index in [0.29, 0.717) is 5.69 Å². The molecule has 7 nitrogen and oxygen atoms in total. The van der Waals surface area contributed by atoms with Crippen LogP contribution in [0.15, 0.2) is 54.7 Å². The summed E-state index contributed by atoms with van der Waals surface area (Å²) in [6, 6.07) is 10.9. The van der Waals surface area contributed by atoms with Crippen LogP contribution >= 0.6 is 11.6 Å². The summed E-state index contributed by atoms with van der Waals surface area (Å²) < 4.78 is 14.4. The first kappa shape index (κ1) is 16.6. The number of benzene rings is 2. The first-order valence-corrected chi connectivity index (χ1v) is 7.39. The zero-order valence-electron chi connectivity index (χ0n) is 12.5. The Bertz CT molecular complexity index is 974. The summed E-state index contributed by atoms with van der Waals surface area (Å²) in [6.45, 7) is 0. The molecule has 1 amide bonds. The number of nitro benzene ring substituents is 1. The number of nitrogens with one attached hydrogen (secondary N) is 1. The van der Waals surface area contributed by atoms with Crippen LogP contribution in [0, 0.1) is 15.9 Å². The van der Waals surface area contributed by atoms with E-state index in [1.165, 1.54) is 47.3 Å². The minimum Gasteiger partial charge on any atom is -0.319 e. The first-order valence-electron chi connectivity index (χ1n) is 7.01. The molecule has 25 heavy (non-hydrogen) atoms. The smallest absolute Gasteiger partial charge is 0.276 e. The van der Waals surface area contributed by atoms with Crippen molar-refractivity contribution in [3.63, 3.8) is 0 Å². The van der Waals surface area contributed by atoms with E-state index in [4.69, 9.17) is 11.6 Å². The van der Waals surface area contributed by atoms with Gasteiger partial charge in [-0.2, -0.15) is 5.10 Å². The van der Waals surface area contributed by atoms with E-state index in [9.17, 15) is 19.3 Å². The molecule has 3 aromatic rings. The lowest BCUT2D eigenvalue weighted by molar-refractivity contribution is -0.384. The molecular weight excluding hydrogens is 351 g/mol. The number of hydrogen-bond donors (Lipinski definition) is 1. The van der Waals surface area contributed by atoms with Crippen LogP contribution < -0.4 is 5.32 Å². The van der Waals surface area contributed by atoms with Gasteiger partial charge in [0.15, 0.2) is 5.69 Å². The van der Waals surface area contributed by atoms with Crippen molar-refractivity contribution >= 4 is 28.9 Å². The number of nitrogens with zero attached hydrogens (tertiary/aromatic N) is 3. The van der Waals surface area contributed by atoms with Gasteiger partial charge in [0.25, 0.3) is 11.6 Å². The Labute approximate surface area is 145 Å². The van der Waals surface area contributed by atoms with Crippen LogP contribution in [-0.2, 0) is 0 Å². The lowest BCUT2D eigenvalue weighted by Crippen LogP contribution is -2.13. The molecule has 3 rings (SSSR count). The number of aromatic nitrogens is 2. The molecule has 0 saturated carbocycles. The van der Waals surface area contributed by atoms with E-state index in [-0.39, 0.29) is 22.1 Å². The Morgan fingerprint density at radius 2 is 2.04 bits per heavy atom. The molecule has 0 unspecified atom stereocenters. The fourth-order valence-electron chi connectivity index (χ4n) is 2.12. The molecule has 0 bridgehead atoms. The average Bonchev–Trinajstić information content (AvgIpc) is 3.07. The molecule has 1 aromatic heterocycles. The van der Waals surface area contributed by atoms with Crippen molar-refractivity contribution in [1.29, 1.82) is 0 Å². The number of amides is 1. The SMILES string of the molecule is O=C(Nc1ccc(F)cc1Cl)c1ccn(-c2cccc([N+](=O)[O-])c2)n1. The third-order valence-electron chi connectivity index (χ3n) is 3.31. The van der Waals surface area contributed by atoms with E-state index >= 15 is 0 Å². The van der Waals surface area contributed by atoms with E-state index in [1.54, 1.807) is 6.07 Å². The van der Waals surface area contributed by atoms with Crippen molar-refractivity contribution < 1.29 is 14.1 Å². The van der Waals surface area contributed by atoms with Crippen LogP contribution in [0.1, 0.15) is 10.5 Å². The second-order valence-corrected chi connectivity index (χ2v) is 5.41. The van der Waals surface area contributed by atoms with E-state index in [2.05, 4.69) is 10.4 Å². The Morgan fingerprint density at radius 1 is 1.24 bits per heavy atom. The molecular formula is C16H10ClFN4O3. The largest absolute Gasteiger partial charge is 0.319 e. The van der Waals surface area contributed by atoms with Gasteiger partial charge in [-0.1, -0.05) is 17.7 Å². The summed E-state index contributed by atoms with van der Waals surface area (Å²) in [5.41, 5.74) is 0.676. The molecule has 2 aromatic carbocycles. The van der Waals surface area contributed by atoms with Gasteiger partial charge in [0.2, 0.25) is 0 Å². The maximum atomic E-state index is 13.0. The molecule has 0 spiro atoms.